The normalized spacial score (nSPS) is 9.53. The van der Waals surface area contributed by atoms with Gasteiger partial charge in [-0.15, -0.1) is 0 Å². The molecule has 102 valence electrons. The van der Waals surface area contributed by atoms with Crippen LogP contribution in [0.2, 0.25) is 5.02 Å². The van der Waals surface area contributed by atoms with E-state index in [0.717, 1.165) is 6.07 Å². The first kappa shape index (κ1) is 15.2. The van der Waals surface area contributed by atoms with E-state index in [2.05, 4.69) is 4.98 Å². The Morgan fingerprint density at radius 2 is 1.95 bits per heavy atom. The Hall–Kier alpha value is -1.81. The Kier molecular flexibility index (Phi) is 5.57. The van der Waals surface area contributed by atoms with Crippen LogP contribution < -0.4 is 10.3 Å². The molecule has 19 heavy (non-hydrogen) atoms. The molecule has 0 amide bonds. The van der Waals surface area contributed by atoms with Gasteiger partial charge in [-0.25, -0.2) is 4.39 Å². The number of pyridine rings is 1. The van der Waals surface area contributed by atoms with Gasteiger partial charge >= 0.3 is 0 Å². The van der Waals surface area contributed by atoms with Crippen LogP contribution in [0.1, 0.15) is 19.4 Å². The average molecular weight is 284 g/mol. The maximum Gasteiger partial charge on any atom is 0.290 e. The number of benzene rings is 1. The highest BCUT2D eigenvalue weighted by molar-refractivity contribution is 6.32. The zero-order valence-corrected chi connectivity index (χ0v) is 11.7. The first-order valence-corrected chi connectivity index (χ1v) is 6.27. The second kappa shape index (κ2) is 6.95. The molecule has 5 heteroatoms. The van der Waals surface area contributed by atoms with Gasteiger partial charge in [-0.3, -0.25) is 4.79 Å². The number of nitrogens with one attached hydrogen (secondary N) is 1. The van der Waals surface area contributed by atoms with Crippen LogP contribution in [0.25, 0.3) is 0 Å². The van der Waals surface area contributed by atoms with Crippen LogP contribution in [0.3, 0.4) is 0 Å². The molecule has 0 spiro atoms. The topological polar surface area (TPSA) is 42.1 Å². The quantitative estimate of drug-likeness (QED) is 0.893. The van der Waals surface area contributed by atoms with Gasteiger partial charge in [-0.05, 0) is 36.8 Å². The van der Waals surface area contributed by atoms with Crippen LogP contribution in [0.4, 0.5) is 4.39 Å². The van der Waals surface area contributed by atoms with E-state index in [-0.39, 0.29) is 22.1 Å². The number of hydrogen-bond acceptors (Lipinski definition) is 2. The second-order valence-electron chi connectivity index (χ2n) is 3.50. The number of halogens is 2. The number of rotatable bonds is 2. The predicted octanol–water partition coefficient (Wildman–Crippen LogP) is 4.29. The van der Waals surface area contributed by atoms with Gasteiger partial charge in [0.25, 0.3) is 5.56 Å². The Bertz CT molecular complexity index is 611. The fourth-order valence-electron chi connectivity index (χ4n) is 1.31. The monoisotopic (exact) mass is 283 g/mol. The predicted molar refractivity (Wildman–Crippen MR) is 74.6 cm³/mol. The zero-order valence-electron chi connectivity index (χ0n) is 11.0. The van der Waals surface area contributed by atoms with Crippen molar-refractivity contribution >= 4 is 11.6 Å². The van der Waals surface area contributed by atoms with E-state index < -0.39 is 5.82 Å². The molecule has 0 saturated heterocycles. The minimum absolute atomic E-state index is 0.111. The van der Waals surface area contributed by atoms with Crippen LogP contribution >= 0.6 is 11.6 Å². The molecule has 0 radical (unpaired) electrons. The first-order valence-electron chi connectivity index (χ1n) is 5.89. The van der Waals surface area contributed by atoms with E-state index in [1.807, 2.05) is 13.8 Å². The molecule has 0 aliphatic carbocycles. The van der Waals surface area contributed by atoms with Gasteiger partial charge in [-0.2, -0.15) is 0 Å². The van der Waals surface area contributed by atoms with Gasteiger partial charge in [0, 0.05) is 6.20 Å². The highest BCUT2D eigenvalue weighted by atomic mass is 35.5. The van der Waals surface area contributed by atoms with E-state index in [9.17, 15) is 9.18 Å². The number of hydrogen-bond donors (Lipinski definition) is 1. The van der Waals surface area contributed by atoms with Gasteiger partial charge in [-0.1, -0.05) is 25.4 Å². The van der Waals surface area contributed by atoms with Crippen molar-refractivity contribution in [3.05, 3.63) is 57.2 Å². The maximum absolute atomic E-state index is 13.2. The molecule has 1 heterocycles. The molecule has 1 aromatic heterocycles. The van der Waals surface area contributed by atoms with Crippen molar-refractivity contribution in [2.75, 3.05) is 0 Å². The van der Waals surface area contributed by atoms with Crippen molar-refractivity contribution in [2.24, 2.45) is 0 Å². The highest BCUT2D eigenvalue weighted by Gasteiger charge is 2.09. The third kappa shape index (κ3) is 3.83. The Morgan fingerprint density at radius 3 is 2.58 bits per heavy atom. The summed E-state index contributed by atoms with van der Waals surface area (Å²) < 4.78 is 18.5. The molecule has 0 aliphatic heterocycles. The van der Waals surface area contributed by atoms with Crippen molar-refractivity contribution in [1.82, 2.24) is 4.98 Å². The van der Waals surface area contributed by atoms with Crippen molar-refractivity contribution in [1.29, 1.82) is 0 Å². The Balaban J connectivity index is 0.000000861. The van der Waals surface area contributed by atoms with Crippen LogP contribution in [0, 0.1) is 12.7 Å². The molecule has 2 rings (SSSR count). The van der Waals surface area contributed by atoms with Gasteiger partial charge in [0.15, 0.2) is 5.75 Å². The van der Waals surface area contributed by atoms with Gasteiger partial charge in [0.1, 0.15) is 11.6 Å². The number of aromatic nitrogens is 1. The lowest BCUT2D eigenvalue weighted by Gasteiger charge is -2.08. The van der Waals surface area contributed by atoms with Crippen LogP contribution in [-0.4, -0.2) is 4.98 Å². The minimum atomic E-state index is -0.413. The average Bonchev–Trinajstić information content (AvgIpc) is 2.41. The SMILES string of the molecule is CC.Cc1cc(Oc2ccc[nH]c2=O)c(Cl)cc1F. The number of aromatic amines is 1. The van der Waals surface area contributed by atoms with Crippen LogP contribution in [-0.2, 0) is 0 Å². The summed E-state index contributed by atoms with van der Waals surface area (Å²) in [4.78, 5) is 13.9. The first-order chi connectivity index (χ1) is 9.08. The highest BCUT2D eigenvalue weighted by Crippen LogP contribution is 2.30. The van der Waals surface area contributed by atoms with Crippen molar-refractivity contribution in [3.63, 3.8) is 0 Å². The summed E-state index contributed by atoms with van der Waals surface area (Å²) in [6.07, 6.45) is 1.49. The van der Waals surface area contributed by atoms with Crippen LogP contribution in [0.5, 0.6) is 11.5 Å². The minimum Gasteiger partial charge on any atom is -0.450 e. The second-order valence-corrected chi connectivity index (χ2v) is 3.90. The molecular weight excluding hydrogens is 269 g/mol. The summed E-state index contributed by atoms with van der Waals surface area (Å²) in [6, 6.07) is 5.74. The van der Waals surface area contributed by atoms with E-state index >= 15 is 0 Å². The van der Waals surface area contributed by atoms with Crippen molar-refractivity contribution < 1.29 is 9.13 Å². The molecule has 0 unspecified atom stereocenters. The van der Waals surface area contributed by atoms with Crippen LogP contribution in [0.15, 0.2) is 35.3 Å². The lowest BCUT2D eigenvalue weighted by atomic mass is 10.2. The zero-order chi connectivity index (χ0) is 14.4. The third-order valence-corrected chi connectivity index (χ3v) is 2.51. The Labute approximate surface area is 116 Å². The van der Waals surface area contributed by atoms with Gasteiger partial charge < -0.3 is 9.72 Å². The van der Waals surface area contributed by atoms with E-state index in [1.54, 1.807) is 13.0 Å². The largest absolute Gasteiger partial charge is 0.450 e. The number of ether oxygens (including phenoxy) is 1. The summed E-state index contributed by atoms with van der Waals surface area (Å²) in [5, 5.41) is 0.122. The van der Waals surface area contributed by atoms with Crippen molar-refractivity contribution in [2.45, 2.75) is 20.8 Å². The third-order valence-electron chi connectivity index (χ3n) is 2.22. The van der Waals surface area contributed by atoms with E-state index in [4.69, 9.17) is 16.3 Å². The number of aryl methyl sites for hydroxylation is 1. The summed E-state index contributed by atoms with van der Waals surface area (Å²) in [7, 11) is 0. The smallest absolute Gasteiger partial charge is 0.290 e. The fraction of sp³-hybridized carbons (Fsp3) is 0.214. The molecule has 1 N–H and O–H groups in total. The molecule has 0 fully saturated rings. The summed E-state index contributed by atoms with van der Waals surface area (Å²) in [6.45, 7) is 5.59. The summed E-state index contributed by atoms with van der Waals surface area (Å²) in [5.74, 6) is -0.0491. The van der Waals surface area contributed by atoms with Crippen molar-refractivity contribution in [3.8, 4) is 11.5 Å². The van der Waals surface area contributed by atoms with E-state index in [1.165, 1.54) is 18.3 Å². The molecule has 0 saturated carbocycles. The molecule has 0 aliphatic rings. The fourth-order valence-corrected chi connectivity index (χ4v) is 1.50. The molecule has 0 atom stereocenters. The summed E-state index contributed by atoms with van der Waals surface area (Å²) in [5.41, 5.74) is 0.0299. The molecule has 1 aromatic carbocycles. The number of H-pyrrole nitrogens is 1. The maximum atomic E-state index is 13.2. The molecular formula is C14H15ClFNO2. The molecule has 3 nitrogen and oxygen atoms in total. The standard InChI is InChI=1S/C12H9ClFNO2.C2H6/c1-7-5-11(8(13)6-9(7)14)17-10-3-2-4-15-12(10)16;1-2/h2-6H,1H3,(H,15,16);1-2H3. The van der Waals surface area contributed by atoms with Gasteiger partial charge in [0.2, 0.25) is 0 Å². The van der Waals surface area contributed by atoms with E-state index in [0.29, 0.717) is 5.56 Å². The summed E-state index contributed by atoms with van der Waals surface area (Å²) >= 11 is 5.83. The lowest BCUT2D eigenvalue weighted by Crippen LogP contribution is -2.07. The van der Waals surface area contributed by atoms with Gasteiger partial charge in [0.05, 0.1) is 5.02 Å². The molecule has 2 aromatic rings. The lowest BCUT2D eigenvalue weighted by molar-refractivity contribution is 0.472. The molecule has 0 bridgehead atoms. The Morgan fingerprint density at radius 1 is 1.26 bits per heavy atom.